The first-order valence-corrected chi connectivity index (χ1v) is 12.2. The van der Waals surface area contributed by atoms with Crippen molar-refractivity contribution < 1.29 is 14.3 Å². The van der Waals surface area contributed by atoms with Crippen LogP contribution in [0.3, 0.4) is 0 Å². The summed E-state index contributed by atoms with van der Waals surface area (Å²) in [6, 6.07) is 12.9. The summed E-state index contributed by atoms with van der Waals surface area (Å²) in [5, 5.41) is 6.28. The highest BCUT2D eigenvalue weighted by molar-refractivity contribution is 8.00. The lowest BCUT2D eigenvalue weighted by Crippen LogP contribution is -2.39. The maximum atomic E-state index is 12.8. The SMILES string of the molecule is Cc1ccc(NC(=O)NC(=O)[C@H](C)Sc2nc(CN3CCOCC3)nc3ccccc23)c(C)c1. The molecule has 3 aromatic rings. The minimum atomic E-state index is -0.551. The molecular weight excluding hydrogens is 450 g/mol. The molecule has 3 amide bonds. The maximum absolute atomic E-state index is 12.8. The van der Waals surface area contributed by atoms with Gasteiger partial charge in [-0.05, 0) is 38.5 Å². The van der Waals surface area contributed by atoms with E-state index in [-0.39, 0.29) is 5.91 Å². The van der Waals surface area contributed by atoms with Gasteiger partial charge in [-0.3, -0.25) is 15.0 Å². The quantitative estimate of drug-likeness (QED) is 0.409. The summed E-state index contributed by atoms with van der Waals surface area (Å²) < 4.78 is 5.43. The minimum absolute atomic E-state index is 0.385. The number of benzene rings is 2. The normalized spacial score (nSPS) is 15.1. The number of nitrogens with zero attached hydrogens (tertiary/aromatic N) is 3. The molecule has 1 saturated heterocycles. The number of fused-ring (bicyclic) bond motifs is 1. The standard InChI is InChI=1S/C25H29N5O3S/c1-16-8-9-20(17(2)14-16)27-25(32)29-23(31)18(3)34-24-19-6-4-5-7-21(19)26-22(28-24)15-30-10-12-33-13-11-30/h4-9,14,18H,10-13,15H2,1-3H3,(H2,27,29,31,32)/t18-/m0/s1. The number of carbonyl (C=O) groups excluding carboxylic acids is 2. The number of carbonyl (C=O) groups is 2. The Morgan fingerprint density at radius 1 is 1.12 bits per heavy atom. The predicted molar refractivity (Wildman–Crippen MR) is 134 cm³/mol. The van der Waals surface area contributed by atoms with Crippen LogP contribution < -0.4 is 10.6 Å². The van der Waals surface area contributed by atoms with Crippen LogP contribution in [-0.2, 0) is 16.1 Å². The van der Waals surface area contributed by atoms with Crippen LogP contribution in [0.4, 0.5) is 10.5 Å². The van der Waals surface area contributed by atoms with Crippen molar-refractivity contribution in [2.75, 3.05) is 31.6 Å². The summed E-state index contributed by atoms with van der Waals surface area (Å²) in [7, 11) is 0. The van der Waals surface area contributed by atoms with Crippen LogP contribution in [-0.4, -0.2) is 58.4 Å². The van der Waals surface area contributed by atoms with Crippen molar-refractivity contribution in [2.24, 2.45) is 0 Å². The predicted octanol–water partition coefficient (Wildman–Crippen LogP) is 3.91. The van der Waals surface area contributed by atoms with Crippen LogP contribution in [0.15, 0.2) is 47.5 Å². The minimum Gasteiger partial charge on any atom is -0.379 e. The second-order valence-electron chi connectivity index (χ2n) is 8.37. The number of ether oxygens (including phenoxy) is 1. The Kier molecular flexibility index (Phi) is 7.77. The molecule has 0 aliphatic carbocycles. The fourth-order valence-corrected chi connectivity index (χ4v) is 4.71. The Labute approximate surface area is 203 Å². The molecule has 0 radical (unpaired) electrons. The van der Waals surface area contributed by atoms with Crippen LogP contribution in [0.2, 0.25) is 0 Å². The van der Waals surface area contributed by atoms with Crippen molar-refractivity contribution in [1.82, 2.24) is 20.2 Å². The summed E-state index contributed by atoms with van der Waals surface area (Å²) in [6.45, 7) is 9.39. The van der Waals surface area contributed by atoms with E-state index in [4.69, 9.17) is 14.7 Å². The first-order valence-electron chi connectivity index (χ1n) is 11.3. The number of hydrogen-bond donors (Lipinski definition) is 2. The number of urea groups is 1. The van der Waals surface area contributed by atoms with Crippen LogP contribution in [0.5, 0.6) is 0 Å². The van der Waals surface area contributed by atoms with Crippen LogP contribution in [0.1, 0.15) is 23.9 Å². The Bertz CT molecular complexity index is 1200. The van der Waals surface area contributed by atoms with Crippen molar-refractivity contribution in [2.45, 2.75) is 37.6 Å². The van der Waals surface area contributed by atoms with Gasteiger partial charge in [-0.15, -0.1) is 0 Å². The van der Waals surface area contributed by atoms with E-state index in [9.17, 15) is 9.59 Å². The molecule has 2 aromatic carbocycles. The van der Waals surface area contributed by atoms with E-state index in [0.29, 0.717) is 31.3 Å². The molecule has 1 aliphatic rings. The van der Waals surface area contributed by atoms with Crippen molar-refractivity contribution in [3.8, 4) is 0 Å². The highest BCUT2D eigenvalue weighted by Crippen LogP contribution is 2.29. The average Bonchev–Trinajstić information content (AvgIpc) is 2.81. The van der Waals surface area contributed by atoms with E-state index in [1.807, 2.05) is 56.3 Å². The van der Waals surface area contributed by atoms with Gasteiger partial charge in [0.05, 0.1) is 30.5 Å². The van der Waals surface area contributed by atoms with Gasteiger partial charge in [-0.1, -0.05) is 47.7 Å². The molecule has 34 heavy (non-hydrogen) atoms. The van der Waals surface area contributed by atoms with Crippen LogP contribution in [0, 0.1) is 13.8 Å². The number of imide groups is 1. The van der Waals surface area contributed by atoms with Gasteiger partial charge in [0.2, 0.25) is 5.91 Å². The topological polar surface area (TPSA) is 96.5 Å². The smallest absolute Gasteiger partial charge is 0.325 e. The van der Waals surface area contributed by atoms with E-state index in [1.54, 1.807) is 6.92 Å². The van der Waals surface area contributed by atoms with Crippen molar-refractivity contribution in [3.63, 3.8) is 0 Å². The summed E-state index contributed by atoms with van der Waals surface area (Å²) in [4.78, 5) is 36.9. The fourth-order valence-electron chi connectivity index (χ4n) is 3.76. The lowest BCUT2D eigenvalue weighted by atomic mass is 10.1. The number of aryl methyl sites for hydroxylation is 2. The number of nitrogens with one attached hydrogen (secondary N) is 2. The molecule has 178 valence electrons. The Morgan fingerprint density at radius 3 is 2.65 bits per heavy atom. The Morgan fingerprint density at radius 2 is 1.88 bits per heavy atom. The van der Waals surface area contributed by atoms with Gasteiger partial charge in [0.15, 0.2) is 0 Å². The van der Waals surface area contributed by atoms with E-state index in [1.165, 1.54) is 11.8 Å². The van der Waals surface area contributed by atoms with Gasteiger partial charge in [-0.25, -0.2) is 14.8 Å². The van der Waals surface area contributed by atoms with Gasteiger partial charge in [0.25, 0.3) is 0 Å². The fraction of sp³-hybridized carbons (Fsp3) is 0.360. The molecule has 2 heterocycles. The molecule has 2 N–H and O–H groups in total. The zero-order valence-electron chi connectivity index (χ0n) is 19.6. The summed E-state index contributed by atoms with van der Waals surface area (Å²) >= 11 is 1.32. The molecule has 4 rings (SSSR count). The Balaban J connectivity index is 1.45. The zero-order chi connectivity index (χ0) is 24.1. The number of thioether (sulfide) groups is 1. The first-order chi connectivity index (χ1) is 16.4. The third-order valence-electron chi connectivity index (χ3n) is 5.61. The first kappa shape index (κ1) is 24.1. The monoisotopic (exact) mass is 479 g/mol. The van der Waals surface area contributed by atoms with Crippen molar-refractivity contribution >= 4 is 40.3 Å². The number of amides is 3. The number of aromatic nitrogens is 2. The average molecular weight is 480 g/mol. The molecule has 0 bridgehead atoms. The molecule has 1 atom stereocenters. The number of morpholine rings is 1. The van der Waals surface area contributed by atoms with Crippen LogP contribution in [0.25, 0.3) is 10.9 Å². The number of para-hydroxylation sites is 1. The van der Waals surface area contributed by atoms with Gasteiger partial charge >= 0.3 is 6.03 Å². The third-order valence-corrected chi connectivity index (χ3v) is 6.71. The highest BCUT2D eigenvalue weighted by Gasteiger charge is 2.21. The summed E-state index contributed by atoms with van der Waals surface area (Å²) in [5.74, 6) is 0.327. The number of anilines is 1. The third kappa shape index (κ3) is 6.11. The van der Waals surface area contributed by atoms with Gasteiger partial charge in [0, 0.05) is 24.2 Å². The Hall–Kier alpha value is -3.01. The van der Waals surface area contributed by atoms with Gasteiger partial charge in [-0.2, -0.15) is 0 Å². The zero-order valence-corrected chi connectivity index (χ0v) is 20.4. The van der Waals surface area contributed by atoms with E-state index in [2.05, 4.69) is 15.5 Å². The lowest BCUT2D eigenvalue weighted by molar-refractivity contribution is -0.119. The number of rotatable bonds is 6. The van der Waals surface area contributed by atoms with Gasteiger partial charge in [0.1, 0.15) is 10.9 Å². The van der Waals surface area contributed by atoms with Crippen LogP contribution >= 0.6 is 11.8 Å². The molecule has 0 spiro atoms. The highest BCUT2D eigenvalue weighted by atomic mass is 32.2. The van der Waals surface area contributed by atoms with Crippen molar-refractivity contribution in [1.29, 1.82) is 0 Å². The van der Waals surface area contributed by atoms with E-state index >= 15 is 0 Å². The van der Waals surface area contributed by atoms with E-state index in [0.717, 1.165) is 40.1 Å². The summed E-state index contributed by atoms with van der Waals surface area (Å²) in [5.41, 5.74) is 3.55. The molecule has 8 nitrogen and oxygen atoms in total. The summed E-state index contributed by atoms with van der Waals surface area (Å²) in [6.07, 6.45) is 0. The second kappa shape index (κ2) is 10.9. The lowest BCUT2D eigenvalue weighted by Gasteiger charge is -2.26. The molecule has 1 fully saturated rings. The molecule has 0 unspecified atom stereocenters. The molecule has 1 aliphatic heterocycles. The maximum Gasteiger partial charge on any atom is 0.325 e. The van der Waals surface area contributed by atoms with E-state index < -0.39 is 11.3 Å². The molecular formula is C25H29N5O3S. The largest absolute Gasteiger partial charge is 0.379 e. The molecule has 1 aromatic heterocycles. The molecule has 9 heteroatoms. The molecule has 0 saturated carbocycles. The number of hydrogen-bond acceptors (Lipinski definition) is 7. The second-order valence-corrected chi connectivity index (χ2v) is 9.70. The van der Waals surface area contributed by atoms with Crippen molar-refractivity contribution in [3.05, 3.63) is 59.4 Å². The van der Waals surface area contributed by atoms with Gasteiger partial charge < -0.3 is 10.1 Å².